The number of rotatable bonds is 7. The van der Waals surface area contributed by atoms with E-state index >= 15 is 0 Å². The molecule has 0 fully saturated rings. The second-order valence-corrected chi connectivity index (χ2v) is 7.48. The number of aliphatic hydroxyl groups excluding tert-OH is 1. The molecule has 0 saturated carbocycles. The van der Waals surface area contributed by atoms with Gasteiger partial charge in [-0.1, -0.05) is 50.1 Å². The average Bonchev–Trinajstić information content (AvgIpc) is 3.25. The second-order valence-electron chi connectivity index (χ2n) is 6.53. The van der Waals surface area contributed by atoms with Gasteiger partial charge in [-0.15, -0.1) is 11.3 Å². The van der Waals surface area contributed by atoms with Crippen LogP contribution in [-0.4, -0.2) is 28.2 Å². The fourth-order valence-corrected chi connectivity index (χ4v) is 4.08. The molecule has 2 aromatic rings. The zero-order valence-corrected chi connectivity index (χ0v) is 15.9. The largest absolute Gasteiger partial charge is 0.503 e. The monoisotopic (exact) mass is 369 g/mol. The van der Waals surface area contributed by atoms with Crippen molar-refractivity contribution in [2.75, 3.05) is 6.54 Å². The molecule has 4 nitrogen and oxygen atoms in total. The maximum atomic E-state index is 13.0. The molecule has 1 aromatic heterocycles. The molecule has 1 aliphatic rings. The van der Waals surface area contributed by atoms with Crippen molar-refractivity contribution in [3.63, 3.8) is 0 Å². The first kappa shape index (κ1) is 18.4. The van der Waals surface area contributed by atoms with Crippen molar-refractivity contribution >= 4 is 23.0 Å². The zero-order valence-electron chi connectivity index (χ0n) is 15.1. The van der Waals surface area contributed by atoms with E-state index in [0.29, 0.717) is 11.4 Å². The van der Waals surface area contributed by atoms with E-state index < -0.39 is 17.7 Å². The van der Waals surface area contributed by atoms with E-state index in [1.165, 1.54) is 11.3 Å². The topological polar surface area (TPSA) is 57.6 Å². The lowest BCUT2D eigenvalue weighted by atomic mass is 9.92. The molecule has 0 bridgehead atoms. The molecule has 1 unspecified atom stereocenters. The molecule has 2 heterocycles. The van der Waals surface area contributed by atoms with Gasteiger partial charge in [0.25, 0.3) is 5.91 Å². The molecule has 5 heteroatoms. The number of nitrogens with zero attached hydrogens (tertiary/aromatic N) is 1. The Morgan fingerprint density at radius 1 is 1.19 bits per heavy atom. The molecule has 1 N–H and O–H groups in total. The van der Waals surface area contributed by atoms with Gasteiger partial charge in [0, 0.05) is 6.54 Å². The van der Waals surface area contributed by atoms with Gasteiger partial charge in [0.15, 0.2) is 5.76 Å². The van der Waals surface area contributed by atoms with Crippen molar-refractivity contribution in [1.29, 1.82) is 0 Å². The normalized spacial score (nSPS) is 17.2. The molecule has 136 valence electrons. The Labute approximate surface area is 157 Å². The molecule has 1 aromatic carbocycles. The minimum atomic E-state index is -0.532. The summed E-state index contributed by atoms with van der Waals surface area (Å²) in [6, 6.07) is 10.7. The number of aliphatic hydroxyl groups is 1. The van der Waals surface area contributed by atoms with Crippen molar-refractivity contribution in [1.82, 2.24) is 4.90 Å². The standard InChI is InChI=1S/C21H23NO3S/c1-3-4-7-12-22-18(15-10-6-5-9-14(15)2)17(20(24)21(22)25)19(23)16-11-8-13-26-16/h5-6,8-11,13,18,24H,3-4,7,12H2,1-2H3. The SMILES string of the molecule is CCCCCN1C(=O)C(O)=C(C(=O)c2cccs2)C1c1ccccc1C. The van der Waals surface area contributed by atoms with E-state index in [9.17, 15) is 14.7 Å². The van der Waals surface area contributed by atoms with Gasteiger partial charge in [0.05, 0.1) is 16.5 Å². The molecule has 0 saturated heterocycles. The van der Waals surface area contributed by atoms with Crippen LogP contribution < -0.4 is 0 Å². The summed E-state index contributed by atoms with van der Waals surface area (Å²) in [5.74, 6) is -1.13. The van der Waals surface area contributed by atoms with E-state index in [1.807, 2.05) is 36.6 Å². The molecule has 0 spiro atoms. The van der Waals surface area contributed by atoms with Crippen LogP contribution in [0.5, 0.6) is 0 Å². The number of hydrogen-bond donors (Lipinski definition) is 1. The average molecular weight is 369 g/mol. The summed E-state index contributed by atoms with van der Waals surface area (Å²) < 4.78 is 0. The van der Waals surface area contributed by atoms with Gasteiger partial charge in [-0.3, -0.25) is 9.59 Å². The molecule has 1 atom stereocenters. The van der Waals surface area contributed by atoms with Gasteiger partial charge in [-0.25, -0.2) is 0 Å². The highest BCUT2D eigenvalue weighted by molar-refractivity contribution is 7.12. The Kier molecular flexibility index (Phi) is 5.57. The summed E-state index contributed by atoms with van der Waals surface area (Å²) in [5, 5.41) is 12.4. The van der Waals surface area contributed by atoms with Gasteiger partial charge in [-0.2, -0.15) is 0 Å². The number of unbranched alkanes of at least 4 members (excludes halogenated alkanes) is 2. The zero-order chi connectivity index (χ0) is 18.7. The minimum Gasteiger partial charge on any atom is -0.503 e. The summed E-state index contributed by atoms with van der Waals surface area (Å²) in [6.45, 7) is 4.59. The first-order valence-corrected chi connectivity index (χ1v) is 9.82. The van der Waals surface area contributed by atoms with Crippen LogP contribution in [-0.2, 0) is 4.79 Å². The van der Waals surface area contributed by atoms with E-state index in [0.717, 1.165) is 30.4 Å². The minimum absolute atomic E-state index is 0.197. The number of aryl methyl sites for hydroxylation is 1. The molecule has 3 rings (SSSR count). The number of carbonyl (C=O) groups excluding carboxylic acids is 2. The predicted molar refractivity (Wildman–Crippen MR) is 103 cm³/mol. The highest BCUT2D eigenvalue weighted by atomic mass is 32.1. The third-order valence-corrected chi connectivity index (χ3v) is 5.65. The van der Waals surface area contributed by atoms with Crippen molar-refractivity contribution in [3.05, 3.63) is 69.1 Å². The van der Waals surface area contributed by atoms with Crippen LogP contribution >= 0.6 is 11.3 Å². The molecule has 26 heavy (non-hydrogen) atoms. The van der Waals surface area contributed by atoms with Crippen molar-refractivity contribution in [2.24, 2.45) is 0 Å². The summed E-state index contributed by atoms with van der Waals surface area (Å²) in [4.78, 5) is 28.0. The molecule has 0 aliphatic carbocycles. The van der Waals surface area contributed by atoms with Crippen LogP contribution in [0.25, 0.3) is 0 Å². The van der Waals surface area contributed by atoms with Gasteiger partial charge in [0.1, 0.15) is 0 Å². The highest BCUT2D eigenvalue weighted by Gasteiger charge is 2.44. The molecule has 0 radical (unpaired) electrons. The third-order valence-electron chi connectivity index (χ3n) is 4.78. The molecular weight excluding hydrogens is 346 g/mol. The van der Waals surface area contributed by atoms with E-state index in [2.05, 4.69) is 6.92 Å². The highest BCUT2D eigenvalue weighted by Crippen LogP contribution is 2.40. The number of amides is 1. The second kappa shape index (κ2) is 7.87. The Balaban J connectivity index is 2.05. The van der Waals surface area contributed by atoms with Crippen molar-refractivity contribution in [3.8, 4) is 0 Å². The fourth-order valence-electron chi connectivity index (χ4n) is 3.41. The summed E-state index contributed by atoms with van der Waals surface area (Å²) >= 11 is 1.32. The van der Waals surface area contributed by atoms with Gasteiger partial charge in [-0.05, 0) is 35.9 Å². The van der Waals surface area contributed by atoms with Gasteiger partial charge in [0.2, 0.25) is 5.78 Å². The summed E-state index contributed by atoms with van der Waals surface area (Å²) in [5.41, 5.74) is 2.08. The van der Waals surface area contributed by atoms with Crippen molar-refractivity contribution in [2.45, 2.75) is 39.2 Å². The Morgan fingerprint density at radius 3 is 2.62 bits per heavy atom. The van der Waals surface area contributed by atoms with E-state index in [1.54, 1.807) is 17.0 Å². The van der Waals surface area contributed by atoms with E-state index in [4.69, 9.17) is 0 Å². The van der Waals surface area contributed by atoms with Crippen LogP contribution in [0.15, 0.2) is 53.1 Å². The number of carbonyl (C=O) groups is 2. The maximum Gasteiger partial charge on any atom is 0.290 e. The number of hydrogen-bond acceptors (Lipinski definition) is 4. The lowest BCUT2D eigenvalue weighted by Crippen LogP contribution is -2.32. The van der Waals surface area contributed by atoms with E-state index in [-0.39, 0.29) is 11.4 Å². The van der Waals surface area contributed by atoms with Gasteiger partial charge < -0.3 is 10.0 Å². The Morgan fingerprint density at radius 2 is 1.96 bits per heavy atom. The van der Waals surface area contributed by atoms with Crippen LogP contribution in [0.2, 0.25) is 0 Å². The lowest BCUT2D eigenvalue weighted by molar-refractivity contribution is -0.129. The number of thiophene rings is 1. The smallest absolute Gasteiger partial charge is 0.290 e. The fraction of sp³-hybridized carbons (Fsp3) is 0.333. The molecule has 1 amide bonds. The van der Waals surface area contributed by atoms with Crippen LogP contribution in [0.4, 0.5) is 0 Å². The van der Waals surface area contributed by atoms with Crippen molar-refractivity contribution < 1.29 is 14.7 Å². The van der Waals surface area contributed by atoms with Gasteiger partial charge >= 0.3 is 0 Å². The Bertz CT molecular complexity index is 839. The summed E-state index contributed by atoms with van der Waals surface area (Å²) in [6.07, 6.45) is 2.88. The van der Waals surface area contributed by atoms with Crippen LogP contribution in [0.1, 0.15) is 53.0 Å². The Hall–Kier alpha value is -2.40. The number of Topliss-reactive ketones (excluding diaryl/α,β-unsaturated/α-hetero) is 1. The predicted octanol–water partition coefficient (Wildman–Crippen LogP) is 4.83. The first-order valence-electron chi connectivity index (χ1n) is 8.94. The molecule has 1 aliphatic heterocycles. The quantitative estimate of drug-likeness (QED) is 0.562. The number of benzene rings is 1. The lowest BCUT2D eigenvalue weighted by Gasteiger charge is -2.28. The third kappa shape index (κ3) is 3.31. The van der Waals surface area contributed by atoms with Crippen LogP contribution in [0.3, 0.4) is 0 Å². The first-order chi connectivity index (χ1) is 12.6. The maximum absolute atomic E-state index is 13.0. The molecular formula is C21H23NO3S. The summed E-state index contributed by atoms with van der Waals surface area (Å²) in [7, 11) is 0. The number of ketones is 1. The van der Waals surface area contributed by atoms with Crippen LogP contribution in [0, 0.1) is 6.92 Å².